The molecule has 0 unspecified atom stereocenters. The van der Waals surface area contributed by atoms with Gasteiger partial charge in [-0.15, -0.1) is 0 Å². The topological polar surface area (TPSA) is 12.0 Å². The predicted octanol–water partition coefficient (Wildman–Crippen LogP) is 1.76. The average Bonchev–Trinajstić information content (AvgIpc) is 2.06. The number of alkyl halides is 2. The van der Waals surface area contributed by atoms with E-state index in [0.717, 1.165) is 0 Å². The first-order valence-corrected chi connectivity index (χ1v) is 3.20. The highest BCUT2D eigenvalue weighted by Gasteiger charge is 2.27. The zero-order valence-corrected chi connectivity index (χ0v) is 6.07. The second-order valence-electron chi connectivity index (χ2n) is 2.11. The molecule has 0 aromatic heterocycles. The summed E-state index contributed by atoms with van der Waals surface area (Å²) in [4.78, 5) is 0. The van der Waals surface area contributed by atoms with Crippen molar-refractivity contribution in [1.82, 2.24) is 5.32 Å². The number of hydrogen-bond donors (Lipinski definition) is 1. The zero-order valence-electron chi connectivity index (χ0n) is 6.07. The third kappa shape index (κ3) is 1.74. The van der Waals surface area contributed by atoms with Crippen LogP contribution in [0.4, 0.5) is 8.78 Å². The maximum Gasteiger partial charge on any atom is 0.329 e. The third-order valence-electron chi connectivity index (χ3n) is 1.39. The summed E-state index contributed by atoms with van der Waals surface area (Å²) in [7, 11) is 1.22. The largest absolute Gasteiger partial charge is 0.329 e. The third-order valence-corrected chi connectivity index (χ3v) is 1.39. The lowest BCUT2D eigenvalue weighted by Crippen LogP contribution is -2.29. The quantitative estimate of drug-likeness (QED) is 0.643. The second-order valence-corrected chi connectivity index (χ2v) is 2.11. The van der Waals surface area contributed by atoms with E-state index in [0.29, 0.717) is 0 Å². The molecule has 1 aromatic rings. The van der Waals surface area contributed by atoms with Gasteiger partial charge in [-0.25, -0.2) is 0 Å². The lowest BCUT2D eigenvalue weighted by atomic mass is 10.2. The van der Waals surface area contributed by atoms with Gasteiger partial charge in [0.2, 0.25) is 0 Å². The van der Waals surface area contributed by atoms with Gasteiger partial charge in [0.15, 0.2) is 0 Å². The van der Waals surface area contributed by atoms with Gasteiger partial charge in [-0.2, -0.15) is 8.78 Å². The van der Waals surface area contributed by atoms with Gasteiger partial charge in [0, 0.05) is 5.56 Å². The van der Waals surface area contributed by atoms with Gasteiger partial charge in [-0.1, -0.05) is 24.3 Å². The Morgan fingerprint density at radius 3 is 2.36 bits per heavy atom. The molecule has 3 heteroatoms. The van der Waals surface area contributed by atoms with Crippen molar-refractivity contribution in [3.05, 3.63) is 35.9 Å². The Balaban J connectivity index is 2.93. The van der Waals surface area contributed by atoms with Gasteiger partial charge in [0.1, 0.15) is 0 Å². The fourth-order valence-electron chi connectivity index (χ4n) is 0.741. The summed E-state index contributed by atoms with van der Waals surface area (Å²) in [6.07, 6.45) is 0. The molecule has 59 valence electrons. The van der Waals surface area contributed by atoms with Crippen LogP contribution in [0, 0.1) is 6.07 Å². The normalized spacial score (nSPS) is 11.5. The van der Waals surface area contributed by atoms with Crippen LogP contribution in [-0.2, 0) is 6.05 Å². The molecule has 0 spiro atoms. The van der Waals surface area contributed by atoms with E-state index in [-0.39, 0.29) is 5.56 Å². The van der Waals surface area contributed by atoms with Crippen LogP contribution in [0.1, 0.15) is 5.56 Å². The van der Waals surface area contributed by atoms with Crippen LogP contribution in [0.3, 0.4) is 0 Å². The molecule has 0 fully saturated rings. The Bertz CT molecular complexity index is 221. The SMILES string of the molecule is CNC(F)(F)c1cc[c]cc1. The van der Waals surface area contributed by atoms with Gasteiger partial charge in [-0.05, 0) is 13.1 Å². The Kier molecular flexibility index (Phi) is 2.19. The number of hydrogen-bond acceptors (Lipinski definition) is 1. The first-order valence-electron chi connectivity index (χ1n) is 3.20. The van der Waals surface area contributed by atoms with Crippen LogP contribution in [0.2, 0.25) is 0 Å². The summed E-state index contributed by atoms with van der Waals surface area (Å²) in [6.45, 7) is 0. The Morgan fingerprint density at radius 2 is 1.91 bits per heavy atom. The summed E-state index contributed by atoms with van der Waals surface area (Å²) >= 11 is 0. The molecule has 1 nitrogen and oxygen atoms in total. The summed E-state index contributed by atoms with van der Waals surface area (Å²) in [5, 5.41) is 1.91. The molecule has 1 aromatic carbocycles. The average molecular weight is 156 g/mol. The molecule has 1 radical (unpaired) electrons. The number of halogens is 2. The molecule has 0 atom stereocenters. The monoisotopic (exact) mass is 156 g/mol. The van der Waals surface area contributed by atoms with Crippen LogP contribution in [-0.4, -0.2) is 7.05 Å². The molecule has 0 amide bonds. The molecule has 0 aliphatic rings. The lowest BCUT2D eigenvalue weighted by molar-refractivity contribution is -0.0335. The fourth-order valence-corrected chi connectivity index (χ4v) is 0.741. The first-order chi connectivity index (χ1) is 5.17. The van der Waals surface area contributed by atoms with Gasteiger partial charge < -0.3 is 0 Å². The van der Waals surface area contributed by atoms with E-state index in [1.165, 1.54) is 31.3 Å². The van der Waals surface area contributed by atoms with Crippen molar-refractivity contribution in [2.75, 3.05) is 7.05 Å². The highest BCUT2D eigenvalue weighted by molar-refractivity contribution is 5.18. The molecule has 0 saturated carbocycles. The smallest absolute Gasteiger partial charge is 0.257 e. The van der Waals surface area contributed by atoms with Crippen molar-refractivity contribution in [1.29, 1.82) is 0 Å². The Morgan fingerprint density at radius 1 is 1.36 bits per heavy atom. The van der Waals surface area contributed by atoms with Crippen molar-refractivity contribution < 1.29 is 8.78 Å². The number of nitrogens with one attached hydrogen (secondary N) is 1. The predicted molar refractivity (Wildman–Crippen MR) is 38.2 cm³/mol. The standard InChI is InChI=1S/C8H8F2N/c1-11-8(9,10)7-5-3-2-4-6-7/h3-6,11H,1H3. The van der Waals surface area contributed by atoms with Crippen molar-refractivity contribution in [3.8, 4) is 0 Å². The fraction of sp³-hybridized carbons (Fsp3) is 0.250. The molecule has 0 bridgehead atoms. The van der Waals surface area contributed by atoms with Crippen molar-refractivity contribution in [2.24, 2.45) is 0 Å². The summed E-state index contributed by atoms with van der Waals surface area (Å²) in [5.74, 6) is 0. The van der Waals surface area contributed by atoms with Gasteiger partial charge in [0.05, 0.1) is 0 Å². The molecule has 1 N–H and O–H groups in total. The van der Waals surface area contributed by atoms with Gasteiger partial charge in [-0.3, -0.25) is 5.32 Å². The maximum atomic E-state index is 12.8. The highest BCUT2D eigenvalue weighted by atomic mass is 19.3. The van der Waals surface area contributed by atoms with Crippen molar-refractivity contribution in [2.45, 2.75) is 6.05 Å². The van der Waals surface area contributed by atoms with Crippen LogP contribution in [0.15, 0.2) is 24.3 Å². The van der Waals surface area contributed by atoms with E-state index in [2.05, 4.69) is 6.07 Å². The van der Waals surface area contributed by atoms with Gasteiger partial charge in [0.25, 0.3) is 0 Å². The number of rotatable bonds is 2. The molecule has 0 saturated heterocycles. The minimum atomic E-state index is -2.94. The molecule has 0 aliphatic heterocycles. The van der Waals surface area contributed by atoms with Crippen LogP contribution in [0.5, 0.6) is 0 Å². The highest BCUT2D eigenvalue weighted by Crippen LogP contribution is 2.22. The van der Waals surface area contributed by atoms with Crippen LogP contribution in [0.25, 0.3) is 0 Å². The summed E-state index contributed by atoms with van der Waals surface area (Å²) < 4.78 is 25.5. The van der Waals surface area contributed by atoms with E-state index in [4.69, 9.17) is 0 Å². The summed E-state index contributed by atoms with van der Waals surface area (Å²) in [5.41, 5.74) is -0.0428. The molecule has 0 aliphatic carbocycles. The Hall–Kier alpha value is -0.960. The molecular weight excluding hydrogens is 148 g/mol. The molecule has 1 rings (SSSR count). The van der Waals surface area contributed by atoms with E-state index in [1.807, 2.05) is 5.32 Å². The van der Waals surface area contributed by atoms with Gasteiger partial charge >= 0.3 is 6.05 Å². The second kappa shape index (κ2) is 2.96. The zero-order chi connectivity index (χ0) is 8.32. The molecular formula is C8H8F2N. The van der Waals surface area contributed by atoms with Crippen molar-refractivity contribution >= 4 is 0 Å². The number of benzene rings is 1. The van der Waals surface area contributed by atoms with E-state index < -0.39 is 6.05 Å². The van der Waals surface area contributed by atoms with Crippen LogP contribution >= 0.6 is 0 Å². The van der Waals surface area contributed by atoms with Crippen LogP contribution < -0.4 is 5.32 Å². The molecule has 0 heterocycles. The Labute approximate surface area is 64.0 Å². The van der Waals surface area contributed by atoms with E-state index in [9.17, 15) is 8.78 Å². The first kappa shape index (κ1) is 8.14. The molecule has 11 heavy (non-hydrogen) atoms. The lowest BCUT2D eigenvalue weighted by Gasteiger charge is -2.14. The van der Waals surface area contributed by atoms with E-state index in [1.54, 1.807) is 0 Å². The minimum Gasteiger partial charge on any atom is -0.257 e. The van der Waals surface area contributed by atoms with Crippen molar-refractivity contribution in [3.63, 3.8) is 0 Å². The maximum absolute atomic E-state index is 12.8. The minimum absolute atomic E-state index is 0.0428. The van der Waals surface area contributed by atoms with E-state index >= 15 is 0 Å². The summed E-state index contributed by atoms with van der Waals surface area (Å²) in [6, 6.07) is 5.31.